The molecule has 0 unspecified atom stereocenters. The molecule has 0 radical (unpaired) electrons. The number of phenolic OH excluding ortho intramolecular Hbond substituents is 1. The van der Waals surface area contributed by atoms with Gasteiger partial charge in [0.05, 0.1) is 0 Å². The smallest absolute Gasteiger partial charge is 0.128 e. The van der Waals surface area contributed by atoms with Gasteiger partial charge in [-0.2, -0.15) is 0 Å². The van der Waals surface area contributed by atoms with Gasteiger partial charge in [0.25, 0.3) is 0 Å². The number of aromatic hydroxyl groups is 1. The Morgan fingerprint density at radius 1 is 0.720 bits per heavy atom. The summed E-state index contributed by atoms with van der Waals surface area (Å²) in [4.78, 5) is 0. The maximum Gasteiger partial charge on any atom is 0.128 e. The SMILES string of the molecule is CC(C)(C)Oc1ccc(Oc2cccc(-c3ccccc3O)c2)cc1. The predicted molar refractivity (Wildman–Crippen MR) is 100 cm³/mol. The molecule has 0 atom stereocenters. The van der Waals surface area contributed by atoms with Gasteiger partial charge in [0.1, 0.15) is 28.6 Å². The van der Waals surface area contributed by atoms with Crippen LogP contribution in [0.25, 0.3) is 11.1 Å². The Morgan fingerprint density at radius 3 is 2.08 bits per heavy atom. The molecular formula is C22H22O3. The number of rotatable bonds is 4. The molecule has 3 aromatic rings. The van der Waals surface area contributed by atoms with Crippen molar-refractivity contribution in [2.75, 3.05) is 0 Å². The number of para-hydroxylation sites is 1. The topological polar surface area (TPSA) is 38.7 Å². The minimum Gasteiger partial charge on any atom is -0.507 e. The standard InChI is InChI=1S/C22H22O3/c1-22(2,3)25-18-13-11-17(12-14-18)24-19-8-6-7-16(15-19)20-9-4-5-10-21(20)23/h4-15,23H,1-3H3. The Kier molecular flexibility index (Phi) is 4.66. The third-order valence-corrected chi connectivity index (χ3v) is 3.53. The lowest BCUT2D eigenvalue weighted by Gasteiger charge is -2.21. The first-order valence-corrected chi connectivity index (χ1v) is 8.26. The summed E-state index contributed by atoms with van der Waals surface area (Å²) >= 11 is 0. The lowest BCUT2D eigenvalue weighted by atomic mass is 10.0. The normalized spacial score (nSPS) is 11.2. The number of phenols is 1. The summed E-state index contributed by atoms with van der Waals surface area (Å²) in [7, 11) is 0. The van der Waals surface area contributed by atoms with Crippen molar-refractivity contribution in [3.63, 3.8) is 0 Å². The van der Waals surface area contributed by atoms with E-state index in [9.17, 15) is 5.11 Å². The first-order chi connectivity index (χ1) is 11.9. The molecule has 0 fully saturated rings. The average molecular weight is 334 g/mol. The van der Waals surface area contributed by atoms with Crippen molar-refractivity contribution in [1.29, 1.82) is 0 Å². The lowest BCUT2D eigenvalue weighted by molar-refractivity contribution is 0.131. The van der Waals surface area contributed by atoms with Crippen molar-refractivity contribution in [3.8, 4) is 34.1 Å². The average Bonchev–Trinajstić information content (AvgIpc) is 2.56. The molecule has 0 aromatic heterocycles. The highest BCUT2D eigenvalue weighted by Gasteiger charge is 2.11. The zero-order chi connectivity index (χ0) is 17.9. The Hall–Kier alpha value is -2.94. The van der Waals surface area contributed by atoms with E-state index in [-0.39, 0.29) is 11.4 Å². The summed E-state index contributed by atoms with van der Waals surface area (Å²) < 4.78 is 11.7. The zero-order valence-electron chi connectivity index (χ0n) is 14.7. The molecule has 0 bridgehead atoms. The highest BCUT2D eigenvalue weighted by atomic mass is 16.5. The van der Waals surface area contributed by atoms with Crippen LogP contribution in [0, 0.1) is 0 Å². The van der Waals surface area contributed by atoms with E-state index in [0.717, 1.165) is 22.6 Å². The highest BCUT2D eigenvalue weighted by Crippen LogP contribution is 2.32. The zero-order valence-corrected chi connectivity index (χ0v) is 14.7. The molecule has 0 heterocycles. The molecule has 3 rings (SSSR count). The molecule has 0 saturated carbocycles. The fourth-order valence-electron chi connectivity index (χ4n) is 2.51. The van der Waals surface area contributed by atoms with Gasteiger partial charge < -0.3 is 14.6 Å². The second-order valence-electron chi connectivity index (χ2n) is 6.83. The molecule has 3 heteroatoms. The van der Waals surface area contributed by atoms with Gasteiger partial charge in [0, 0.05) is 5.56 Å². The molecule has 1 N–H and O–H groups in total. The van der Waals surface area contributed by atoms with Gasteiger partial charge in [-0.25, -0.2) is 0 Å². The first-order valence-electron chi connectivity index (χ1n) is 8.26. The summed E-state index contributed by atoms with van der Waals surface area (Å²) in [6.45, 7) is 6.05. The number of ether oxygens (including phenoxy) is 2. The van der Waals surface area contributed by atoms with E-state index in [1.807, 2.05) is 81.4 Å². The van der Waals surface area contributed by atoms with Crippen LogP contribution in [0.5, 0.6) is 23.0 Å². The Bertz CT molecular complexity index is 846. The molecular weight excluding hydrogens is 312 g/mol. The third-order valence-electron chi connectivity index (χ3n) is 3.53. The van der Waals surface area contributed by atoms with Crippen molar-refractivity contribution in [3.05, 3.63) is 72.8 Å². The van der Waals surface area contributed by atoms with Crippen LogP contribution < -0.4 is 9.47 Å². The number of benzene rings is 3. The fourth-order valence-corrected chi connectivity index (χ4v) is 2.51. The van der Waals surface area contributed by atoms with Crippen molar-refractivity contribution < 1.29 is 14.6 Å². The molecule has 0 aliphatic carbocycles. The van der Waals surface area contributed by atoms with Crippen LogP contribution in [-0.2, 0) is 0 Å². The molecule has 0 spiro atoms. The van der Waals surface area contributed by atoms with E-state index >= 15 is 0 Å². The van der Waals surface area contributed by atoms with E-state index in [1.165, 1.54) is 0 Å². The van der Waals surface area contributed by atoms with E-state index in [4.69, 9.17) is 9.47 Å². The third kappa shape index (κ3) is 4.54. The van der Waals surface area contributed by atoms with Crippen LogP contribution >= 0.6 is 0 Å². The van der Waals surface area contributed by atoms with E-state index in [0.29, 0.717) is 5.75 Å². The summed E-state index contributed by atoms with van der Waals surface area (Å²) in [5, 5.41) is 10.0. The van der Waals surface area contributed by atoms with Crippen molar-refractivity contribution in [2.45, 2.75) is 26.4 Å². The molecule has 3 aromatic carbocycles. The van der Waals surface area contributed by atoms with Gasteiger partial charge in [-0.05, 0) is 68.8 Å². The maximum atomic E-state index is 10.0. The monoisotopic (exact) mass is 334 g/mol. The van der Waals surface area contributed by atoms with E-state index < -0.39 is 0 Å². The summed E-state index contributed by atoms with van der Waals surface area (Å²) in [5.41, 5.74) is 1.46. The van der Waals surface area contributed by atoms with Gasteiger partial charge in [-0.3, -0.25) is 0 Å². The minimum absolute atomic E-state index is 0.228. The van der Waals surface area contributed by atoms with Crippen LogP contribution in [0.1, 0.15) is 20.8 Å². The van der Waals surface area contributed by atoms with Crippen LogP contribution in [0.2, 0.25) is 0 Å². The first kappa shape index (κ1) is 16.9. The van der Waals surface area contributed by atoms with Crippen LogP contribution in [0.3, 0.4) is 0 Å². The molecule has 3 nitrogen and oxygen atoms in total. The molecule has 25 heavy (non-hydrogen) atoms. The summed E-state index contributed by atoms with van der Waals surface area (Å²) in [5.74, 6) is 2.51. The summed E-state index contributed by atoms with van der Waals surface area (Å²) in [6.07, 6.45) is 0. The van der Waals surface area contributed by atoms with Crippen molar-refractivity contribution in [1.82, 2.24) is 0 Å². The van der Waals surface area contributed by atoms with E-state index in [1.54, 1.807) is 12.1 Å². The van der Waals surface area contributed by atoms with Crippen LogP contribution in [0.15, 0.2) is 72.8 Å². The quantitative estimate of drug-likeness (QED) is 0.633. The molecule has 128 valence electrons. The predicted octanol–water partition coefficient (Wildman–Crippen LogP) is 6.03. The molecule has 0 saturated heterocycles. The highest BCUT2D eigenvalue weighted by molar-refractivity contribution is 5.71. The number of hydrogen-bond donors (Lipinski definition) is 1. The van der Waals surface area contributed by atoms with Crippen molar-refractivity contribution in [2.24, 2.45) is 0 Å². The Morgan fingerprint density at radius 2 is 1.40 bits per heavy atom. The van der Waals surface area contributed by atoms with Gasteiger partial charge in [0.15, 0.2) is 0 Å². The largest absolute Gasteiger partial charge is 0.507 e. The second kappa shape index (κ2) is 6.89. The van der Waals surface area contributed by atoms with Gasteiger partial charge >= 0.3 is 0 Å². The maximum absolute atomic E-state index is 10.0. The summed E-state index contributed by atoms with van der Waals surface area (Å²) in [6, 6.07) is 22.5. The van der Waals surface area contributed by atoms with Gasteiger partial charge in [0.2, 0.25) is 0 Å². The molecule has 0 aliphatic heterocycles. The minimum atomic E-state index is -0.228. The Labute approximate surface area is 148 Å². The lowest BCUT2D eigenvalue weighted by Crippen LogP contribution is -2.22. The fraction of sp³-hybridized carbons (Fsp3) is 0.182. The molecule has 0 aliphatic rings. The van der Waals surface area contributed by atoms with Crippen LogP contribution in [-0.4, -0.2) is 10.7 Å². The van der Waals surface area contributed by atoms with Gasteiger partial charge in [-0.15, -0.1) is 0 Å². The van der Waals surface area contributed by atoms with Crippen molar-refractivity contribution >= 4 is 0 Å². The van der Waals surface area contributed by atoms with Crippen LogP contribution in [0.4, 0.5) is 0 Å². The van der Waals surface area contributed by atoms with Gasteiger partial charge in [-0.1, -0.05) is 30.3 Å². The second-order valence-corrected chi connectivity index (χ2v) is 6.83. The molecule has 0 amide bonds. The number of hydrogen-bond acceptors (Lipinski definition) is 3. The van der Waals surface area contributed by atoms with E-state index in [2.05, 4.69) is 0 Å². The Balaban J connectivity index is 1.78.